The normalized spacial score (nSPS) is 10.2. The number of aryl methyl sites for hydroxylation is 4. The zero-order chi connectivity index (χ0) is 21.4. The molecule has 0 radical (unpaired) electrons. The third-order valence-corrected chi connectivity index (χ3v) is 3.37. The van der Waals surface area contributed by atoms with Crippen LogP contribution in [0.4, 0.5) is 13.2 Å². The quantitative estimate of drug-likeness (QED) is 0.358. The second-order valence-corrected chi connectivity index (χ2v) is 6.15. The van der Waals surface area contributed by atoms with E-state index in [4.69, 9.17) is 0 Å². The summed E-state index contributed by atoms with van der Waals surface area (Å²) >= 11 is 0. The van der Waals surface area contributed by atoms with Crippen molar-refractivity contribution in [1.29, 1.82) is 0 Å². The summed E-state index contributed by atoms with van der Waals surface area (Å²) in [5.74, 6) is 0. The molecule has 30 heavy (non-hydrogen) atoms. The molecule has 0 atom stereocenters. The van der Waals surface area contributed by atoms with Gasteiger partial charge in [0.1, 0.15) is 5.69 Å². The number of halogens is 3. The van der Waals surface area contributed by atoms with E-state index in [9.17, 15) is 13.2 Å². The summed E-state index contributed by atoms with van der Waals surface area (Å²) in [5, 5.41) is 20.7. The fourth-order valence-electron chi connectivity index (χ4n) is 2.14. The number of aromatic amines is 1. The topological polar surface area (TPSA) is 95.5 Å². The minimum Gasteiger partial charge on any atom is -0.579 e. The molecule has 4 aromatic rings. The Hall–Kier alpha value is -2.74. The largest absolute Gasteiger partial charge is 2.00 e. The number of aromatic nitrogens is 7. The molecule has 1 N–H and O–H groups in total. The van der Waals surface area contributed by atoms with Crippen molar-refractivity contribution in [3.05, 3.63) is 71.1 Å². The molecule has 162 valence electrons. The Morgan fingerprint density at radius 1 is 0.900 bits per heavy atom. The summed E-state index contributed by atoms with van der Waals surface area (Å²) in [4.78, 5) is 3.87. The summed E-state index contributed by atoms with van der Waals surface area (Å²) in [6.45, 7) is 7.81. The van der Waals surface area contributed by atoms with Gasteiger partial charge in [0.2, 0.25) is 0 Å². The molecule has 7 nitrogen and oxygen atoms in total. The number of pyridine rings is 1. The molecule has 4 aromatic heterocycles. The van der Waals surface area contributed by atoms with Crippen LogP contribution in [0.5, 0.6) is 0 Å². The van der Waals surface area contributed by atoms with E-state index in [1.807, 2.05) is 39.8 Å². The van der Waals surface area contributed by atoms with E-state index < -0.39 is 11.9 Å². The molecular weight excluding hydrogens is 578 g/mol. The zero-order valence-electron chi connectivity index (χ0n) is 16.7. The first-order chi connectivity index (χ1) is 13.6. The average Bonchev–Trinajstić information content (AvgIpc) is 3.38. The van der Waals surface area contributed by atoms with Crippen molar-refractivity contribution in [1.82, 2.24) is 35.6 Å². The Morgan fingerprint density at radius 2 is 1.63 bits per heavy atom. The van der Waals surface area contributed by atoms with Gasteiger partial charge in [0.25, 0.3) is 0 Å². The fourth-order valence-corrected chi connectivity index (χ4v) is 2.14. The Morgan fingerprint density at radius 3 is 1.97 bits per heavy atom. The second-order valence-electron chi connectivity index (χ2n) is 6.15. The Bertz CT molecular complexity index is 935. The zero-order valence-corrected chi connectivity index (χ0v) is 18.9. The van der Waals surface area contributed by atoms with Crippen molar-refractivity contribution in [2.75, 3.05) is 0 Å². The van der Waals surface area contributed by atoms with Crippen LogP contribution in [0, 0.1) is 27.7 Å². The van der Waals surface area contributed by atoms with Crippen molar-refractivity contribution in [2.45, 2.75) is 33.9 Å². The summed E-state index contributed by atoms with van der Waals surface area (Å²) in [6.07, 6.45) is -2.97. The Kier molecular flexibility index (Phi) is 9.65. The second kappa shape index (κ2) is 11.4. The third-order valence-electron chi connectivity index (χ3n) is 3.37. The van der Waals surface area contributed by atoms with Gasteiger partial charge >= 0.3 is 27.2 Å². The van der Waals surface area contributed by atoms with E-state index in [0.717, 1.165) is 28.8 Å². The van der Waals surface area contributed by atoms with Crippen molar-refractivity contribution >= 4 is 0 Å². The van der Waals surface area contributed by atoms with E-state index >= 15 is 0 Å². The Balaban J connectivity index is 0.000000251. The van der Waals surface area contributed by atoms with Gasteiger partial charge in [-0.3, -0.25) is 10.1 Å². The molecule has 4 rings (SSSR count). The smallest absolute Gasteiger partial charge is 0.579 e. The van der Waals surface area contributed by atoms with Gasteiger partial charge in [0, 0.05) is 23.3 Å². The van der Waals surface area contributed by atoms with Gasteiger partial charge in [-0.05, 0) is 45.0 Å². The van der Waals surface area contributed by atoms with Crippen LogP contribution in [0.1, 0.15) is 28.5 Å². The van der Waals surface area contributed by atoms with E-state index in [1.165, 1.54) is 6.20 Å². The van der Waals surface area contributed by atoms with Crippen LogP contribution in [0.25, 0.3) is 11.4 Å². The van der Waals surface area contributed by atoms with Crippen LogP contribution in [0.3, 0.4) is 0 Å². The molecule has 0 saturated carbocycles. The summed E-state index contributed by atoms with van der Waals surface area (Å²) in [7, 11) is 0. The first kappa shape index (κ1) is 25.3. The fraction of sp³-hybridized carbons (Fsp3) is 0.263. The summed E-state index contributed by atoms with van der Waals surface area (Å²) in [6, 6.07) is 9.74. The van der Waals surface area contributed by atoms with Crippen LogP contribution in [0.2, 0.25) is 0 Å². The number of alkyl halides is 3. The van der Waals surface area contributed by atoms with Crippen LogP contribution in [0.15, 0.2) is 42.6 Å². The maximum atomic E-state index is 12.2. The molecule has 0 aromatic carbocycles. The van der Waals surface area contributed by atoms with Crippen LogP contribution >= 0.6 is 0 Å². The first-order valence-electron chi connectivity index (χ1n) is 8.56. The molecule has 0 aliphatic carbocycles. The maximum Gasteiger partial charge on any atom is 2.00 e. The van der Waals surface area contributed by atoms with Gasteiger partial charge in [0.05, 0.1) is 5.69 Å². The molecule has 0 spiro atoms. The van der Waals surface area contributed by atoms with E-state index in [0.29, 0.717) is 5.69 Å². The minimum absolute atomic E-state index is 0. The molecule has 4 heterocycles. The minimum atomic E-state index is -4.46. The van der Waals surface area contributed by atoms with Gasteiger partial charge < -0.3 is 20.4 Å². The van der Waals surface area contributed by atoms with E-state index in [2.05, 4.69) is 35.6 Å². The molecule has 0 amide bonds. The summed E-state index contributed by atoms with van der Waals surface area (Å²) < 4.78 is 36.6. The maximum absolute atomic E-state index is 12.2. The number of H-pyrrole nitrogens is 1. The van der Waals surface area contributed by atoms with Crippen molar-refractivity contribution in [3.8, 4) is 11.4 Å². The van der Waals surface area contributed by atoms with E-state index in [1.54, 1.807) is 18.2 Å². The molecule has 11 heteroatoms. The predicted molar refractivity (Wildman–Crippen MR) is 101 cm³/mol. The van der Waals surface area contributed by atoms with Crippen molar-refractivity contribution in [2.24, 2.45) is 0 Å². The molecule has 0 saturated heterocycles. The predicted octanol–water partition coefficient (Wildman–Crippen LogP) is 3.80. The van der Waals surface area contributed by atoms with Gasteiger partial charge in [-0.1, -0.05) is 24.8 Å². The first-order valence-corrected chi connectivity index (χ1v) is 8.56. The number of hydrogen-bond acceptors (Lipinski definition) is 4. The average molecular weight is 598 g/mol. The third kappa shape index (κ3) is 8.32. The van der Waals surface area contributed by atoms with Gasteiger partial charge in [0.15, 0.2) is 0 Å². The number of hydrogen-bond donors (Lipinski definition) is 1. The molecule has 0 bridgehead atoms. The van der Waals surface area contributed by atoms with E-state index in [-0.39, 0.29) is 26.8 Å². The molecular formula is C19H20F3N7Pt. The number of nitrogens with one attached hydrogen (secondary N) is 1. The van der Waals surface area contributed by atoms with Crippen LogP contribution < -0.4 is 10.2 Å². The van der Waals surface area contributed by atoms with Gasteiger partial charge in [-0.2, -0.15) is 18.3 Å². The molecule has 0 aliphatic heterocycles. The van der Waals surface area contributed by atoms with Gasteiger partial charge in [-0.25, -0.2) is 0 Å². The van der Waals surface area contributed by atoms with Crippen molar-refractivity contribution < 1.29 is 34.2 Å². The van der Waals surface area contributed by atoms with Gasteiger partial charge in [-0.15, -0.1) is 5.69 Å². The Labute approximate surface area is 186 Å². The number of rotatable bonds is 1. The standard InChI is InChI=1S/C9H5F3N3.C5H8N2.C5H7N2.Pt/c10-9(11,12)8-5-7(14-15-8)6-3-1-2-4-13-6;2*1-4-3-5(2)7-6-4;/h1-5H;3H,1-2H3,(H,6,7);3H,1-2H3;/q-1;;-1;+2. The SMILES string of the molecule is Cc1cc(C)[n-]n1.Cc1cc(C)[nH]n1.FC(F)(F)c1cc(-c2ccccn2)[n-]n1.[Pt+2]. The van der Waals surface area contributed by atoms with Crippen LogP contribution in [-0.4, -0.2) is 25.4 Å². The molecule has 0 aliphatic rings. The monoisotopic (exact) mass is 598 g/mol. The number of nitrogens with zero attached hydrogens (tertiary/aromatic N) is 6. The molecule has 0 unspecified atom stereocenters. The molecule has 0 fully saturated rings. The van der Waals surface area contributed by atoms with Crippen LogP contribution in [-0.2, 0) is 27.2 Å². The van der Waals surface area contributed by atoms with Crippen molar-refractivity contribution in [3.63, 3.8) is 0 Å². The summed E-state index contributed by atoms with van der Waals surface area (Å²) in [5.41, 5.74) is 3.68.